The van der Waals surface area contributed by atoms with Gasteiger partial charge >= 0.3 is 0 Å². The maximum Gasteiger partial charge on any atom is 0.150 e. The second-order valence-electron chi connectivity index (χ2n) is 2.95. The minimum atomic E-state index is 0.726. The van der Waals surface area contributed by atoms with E-state index in [1.807, 2.05) is 36.0 Å². The number of carbonyl (C=O) groups is 1. The summed E-state index contributed by atoms with van der Waals surface area (Å²) in [4.78, 5) is 17.0. The van der Waals surface area contributed by atoms with Gasteiger partial charge in [0.15, 0.2) is 0 Å². The van der Waals surface area contributed by atoms with Crippen molar-refractivity contribution in [2.75, 3.05) is 0 Å². The summed E-state index contributed by atoms with van der Waals surface area (Å²) in [6.45, 7) is 0. The zero-order valence-corrected chi connectivity index (χ0v) is 9.55. The highest BCUT2D eigenvalue weighted by atomic mass is 32.2. The molecule has 0 bridgehead atoms. The lowest BCUT2D eigenvalue weighted by Gasteiger charge is -1.99. The Kier molecular flexibility index (Phi) is 3.53. The molecule has 0 amide bonds. The second-order valence-corrected chi connectivity index (χ2v) is 4.97. The molecule has 2 aromatic rings. The smallest absolute Gasteiger partial charge is 0.150 e. The average molecular weight is 235 g/mol. The Morgan fingerprint density at radius 2 is 2.40 bits per heavy atom. The fourth-order valence-electron chi connectivity index (χ4n) is 1.15. The number of rotatable bonds is 4. The molecule has 2 rings (SSSR count). The molecule has 0 saturated carbocycles. The third-order valence-electron chi connectivity index (χ3n) is 1.86. The van der Waals surface area contributed by atoms with Gasteiger partial charge in [-0.25, -0.2) is 0 Å². The molecule has 0 aliphatic heterocycles. The van der Waals surface area contributed by atoms with Crippen molar-refractivity contribution in [3.63, 3.8) is 0 Å². The molecule has 1 aromatic carbocycles. The molecule has 0 atom stereocenters. The average Bonchev–Trinajstić information content (AvgIpc) is 2.79. The highest BCUT2D eigenvalue weighted by Gasteiger charge is 1.98. The summed E-state index contributed by atoms with van der Waals surface area (Å²) < 4.78 is 0. The lowest BCUT2D eigenvalue weighted by molar-refractivity contribution is 0.112. The van der Waals surface area contributed by atoms with Crippen LogP contribution in [0.3, 0.4) is 0 Å². The molecule has 15 heavy (non-hydrogen) atoms. The molecule has 0 N–H and O–H groups in total. The summed E-state index contributed by atoms with van der Waals surface area (Å²) in [6, 6.07) is 7.62. The third kappa shape index (κ3) is 2.91. The van der Waals surface area contributed by atoms with Crippen LogP contribution in [-0.4, -0.2) is 11.3 Å². The molecule has 0 unspecified atom stereocenters. The van der Waals surface area contributed by atoms with Crippen molar-refractivity contribution in [3.8, 4) is 0 Å². The van der Waals surface area contributed by atoms with E-state index in [1.165, 1.54) is 4.88 Å². The van der Waals surface area contributed by atoms with Gasteiger partial charge in [-0.05, 0) is 12.1 Å². The van der Waals surface area contributed by atoms with E-state index in [9.17, 15) is 4.79 Å². The van der Waals surface area contributed by atoms with Crippen LogP contribution in [0.4, 0.5) is 0 Å². The zero-order chi connectivity index (χ0) is 10.5. The van der Waals surface area contributed by atoms with Crippen molar-refractivity contribution in [2.45, 2.75) is 10.6 Å². The predicted octanol–water partition coefficient (Wildman–Crippen LogP) is 3.25. The van der Waals surface area contributed by atoms with Crippen LogP contribution in [0, 0.1) is 0 Å². The number of hydrogen-bond acceptors (Lipinski definition) is 4. The number of aromatic nitrogens is 1. The lowest BCUT2D eigenvalue weighted by atomic mass is 10.2. The Labute approximate surface area is 96.4 Å². The van der Waals surface area contributed by atoms with Crippen molar-refractivity contribution in [3.05, 3.63) is 46.4 Å². The number of nitrogens with zero attached hydrogens (tertiary/aromatic N) is 1. The molecule has 0 radical (unpaired) electrons. The highest BCUT2D eigenvalue weighted by Crippen LogP contribution is 2.24. The number of benzene rings is 1. The van der Waals surface area contributed by atoms with Crippen molar-refractivity contribution in [1.82, 2.24) is 4.98 Å². The topological polar surface area (TPSA) is 30.0 Å². The summed E-state index contributed by atoms with van der Waals surface area (Å²) in [5.74, 6) is 0.910. The Morgan fingerprint density at radius 1 is 1.47 bits per heavy atom. The Balaban J connectivity index is 2.01. The molecule has 2 nitrogen and oxygen atoms in total. The second kappa shape index (κ2) is 5.09. The summed E-state index contributed by atoms with van der Waals surface area (Å²) in [7, 11) is 0. The molecule has 76 valence electrons. The van der Waals surface area contributed by atoms with Gasteiger partial charge in [0.25, 0.3) is 0 Å². The minimum Gasteiger partial charge on any atom is -0.298 e. The molecule has 0 aliphatic carbocycles. The largest absolute Gasteiger partial charge is 0.298 e. The van der Waals surface area contributed by atoms with E-state index in [4.69, 9.17) is 0 Å². The molecule has 0 saturated heterocycles. The van der Waals surface area contributed by atoms with Crippen LogP contribution in [0.5, 0.6) is 0 Å². The molecule has 4 heteroatoms. The molecule has 1 heterocycles. The van der Waals surface area contributed by atoms with Crippen LogP contribution in [0.1, 0.15) is 15.2 Å². The van der Waals surface area contributed by atoms with Gasteiger partial charge in [-0.2, -0.15) is 0 Å². The van der Waals surface area contributed by atoms with Crippen LogP contribution < -0.4 is 0 Å². The summed E-state index contributed by atoms with van der Waals surface area (Å²) >= 11 is 3.37. The monoisotopic (exact) mass is 235 g/mol. The van der Waals surface area contributed by atoms with E-state index in [1.54, 1.807) is 23.1 Å². The SMILES string of the molecule is O=Cc1cccc(SCc2cncs2)c1. The molecule has 1 aromatic heterocycles. The predicted molar refractivity (Wildman–Crippen MR) is 63.5 cm³/mol. The van der Waals surface area contributed by atoms with E-state index in [-0.39, 0.29) is 0 Å². The standard InChI is InChI=1S/C11H9NOS2/c13-6-9-2-1-3-10(4-9)14-7-11-5-12-8-15-11/h1-6,8H,7H2. The molecule has 0 aliphatic rings. The number of aldehydes is 1. The van der Waals surface area contributed by atoms with Gasteiger partial charge in [0.2, 0.25) is 0 Å². The van der Waals surface area contributed by atoms with Gasteiger partial charge < -0.3 is 0 Å². The van der Waals surface area contributed by atoms with E-state index >= 15 is 0 Å². The highest BCUT2D eigenvalue weighted by molar-refractivity contribution is 7.98. The van der Waals surface area contributed by atoms with Gasteiger partial charge in [-0.3, -0.25) is 9.78 Å². The first-order valence-corrected chi connectivity index (χ1v) is 6.30. The van der Waals surface area contributed by atoms with Gasteiger partial charge in [0, 0.05) is 27.3 Å². The Bertz CT molecular complexity index is 440. The number of hydrogen-bond donors (Lipinski definition) is 0. The van der Waals surface area contributed by atoms with Gasteiger partial charge in [-0.1, -0.05) is 12.1 Å². The first-order chi connectivity index (χ1) is 7.38. The Hall–Kier alpha value is -1.13. The molecular formula is C11H9NOS2. The lowest BCUT2D eigenvalue weighted by Crippen LogP contribution is -1.80. The number of thioether (sulfide) groups is 1. The van der Waals surface area contributed by atoms with E-state index < -0.39 is 0 Å². The summed E-state index contributed by atoms with van der Waals surface area (Å²) in [5.41, 5.74) is 2.56. The minimum absolute atomic E-state index is 0.726. The van der Waals surface area contributed by atoms with E-state index in [2.05, 4.69) is 4.98 Å². The van der Waals surface area contributed by atoms with Crippen LogP contribution >= 0.6 is 23.1 Å². The zero-order valence-electron chi connectivity index (χ0n) is 7.92. The quantitative estimate of drug-likeness (QED) is 0.602. The van der Waals surface area contributed by atoms with Crippen LogP contribution in [0.15, 0.2) is 40.9 Å². The molecule has 0 spiro atoms. The normalized spacial score (nSPS) is 10.1. The Morgan fingerprint density at radius 3 is 3.13 bits per heavy atom. The van der Waals surface area contributed by atoms with Crippen LogP contribution in [-0.2, 0) is 5.75 Å². The fourth-order valence-corrected chi connectivity index (χ4v) is 2.75. The van der Waals surface area contributed by atoms with E-state index in [0.29, 0.717) is 0 Å². The number of carbonyl (C=O) groups excluding carboxylic acids is 1. The van der Waals surface area contributed by atoms with Crippen molar-refractivity contribution in [2.24, 2.45) is 0 Å². The van der Waals surface area contributed by atoms with Gasteiger partial charge in [0.1, 0.15) is 6.29 Å². The molecule has 0 fully saturated rings. The summed E-state index contributed by atoms with van der Waals surface area (Å²) in [6.07, 6.45) is 2.75. The van der Waals surface area contributed by atoms with Crippen LogP contribution in [0.25, 0.3) is 0 Å². The fraction of sp³-hybridized carbons (Fsp3) is 0.0909. The van der Waals surface area contributed by atoms with Crippen molar-refractivity contribution >= 4 is 29.4 Å². The summed E-state index contributed by atoms with van der Waals surface area (Å²) in [5, 5.41) is 0. The first kappa shape index (κ1) is 10.4. The maximum atomic E-state index is 10.6. The maximum absolute atomic E-state index is 10.6. The van der Waals surface area contributed by atoms with Crippen LogP contribution in [0.2, 0.25) is 0 Å². The van der Waals surface area contributed by atoms with Crippen molar-refractivity contribution in [1.29, 1.82) is 0 Å². The number of thiazole rings is 1. The van der Waals surface area contributed by atoms with Gasteiger partial charge in [-0.15, -0.1) is 23.1 Å². The van der Waals surface area contributed by atoms with Gasteiger partial charge in [0.05, 0.1) is 5.51 Å². The third-order valence-corrected chi connectivity index (χ3v) is 3.86. The van der Waals surface area contributed by atoms with Crippen molar-refractivity contribution < 1.29 is 4.79 Å². The first-order valence-electron chi connectivity index (χ1n) is 4.44. The van der Waals surface area contributed by atoms with E-state index in [0.717, 1.165) is 22.5 Å². The molecular weight excluding hydrogens is 226 g/mol.